The van der Waals surface area contributed by atoms with E-state index in [-0.39, 0.29) is 0 Å². The molecule has 4 nitrogen and oxygen atoms in total. The summed E-state index contributed by atoms with van der Waals surface area (Å²) in [5, 5.41) is 4.42. The Bertz CT molecular complexity index is 481. The molecule has 0 spiro atoms. The van der Waals surface area contributed by atoms with Crippen LogP contribution < -0.4 is 0 Å². The van der Waals surface area contributed by atoms with Crippen molar-refractivity contribution in [1.29, 1.82) is 0 Å². The van der Waals surface area contributed by atoms with E-state index in [4.69, 9.17) is 0 Å². The van der Waals surface area contributed by atoms with Crippen molar-refractivity contribution in [2.45, 2.75) is 53.0 Å². The average molecular weight is 234 g/mol. The SMILES string of the molecule is CCCC(C)n1ncc2[nH]c(CC(C)C)nc21. The molecular formula is C13H22N4. The highest BCUT2D eigenvalue weighted by Crippen LogP contribution is 2.19. The number of nitrogens with one attached hydrogen (secondary N) is 1. The molecule has 1 N–H and O–H groups in total. The number of H-pyrrole nitrogens is 1. The molecule has 0 saturated heterocycles. The fourth-order valence-corrected chi connectivity index (χ4v) is 2.21. The van der Waals surface area contributed by atoms with Gasteiger partial charge in [-0.2, -0.15) is 5.10 Å². The molecule has 1 unspecified atom stereocenters. The number of imidazole rings is 1. The highest BCUT2D eigenvalue weighted by atomic mass is 15.3. The second kappa shape index (κ2) is 4.90. The lowest BCUT2D eigenvalue weighted by molar-refractivity contribution is 0.465. The standard InChI is InChI=1S/C13H22N4/c1-5-6-10(4)17-13-11(8-14-17)15-12(16-13)7-9(2)3/h8-10H,5-7H2,1-4H3,(H,15,16). The zero-order chi connectivity index (χ0) is 12.4. The number of aromatic nitrogens is 4. The Kier molecular flexibility index (Phi) is 3.50. The number of hydrogen-bond acceptors (Lipinski definition) is 2. The van der Waals surface area contributed by atoms with Gasteiger partial charge in [-0.25, -0.2) is 9.67 Å². The van der Waals surface area contributed by atoms with Gasteiger partial charge in [-0.05, 0) is 19.3 Å². The average Bonchev–Trinajstić information content (AvgIpc) is 2.75. The minimum Gasteiger partial charge on any atom is -0.339 e. The first-order chi connectivity index (χ1) is 8.11. The van der Waals surface area contributed by atoms with Crippen molar-refractivity contribution in [3.05, 3.63) is 12.0 Å². The molecule has 1 atom stereocenters. The molecule has 2 heterocycles. The predicted octanol–water partition coefficient (Wildman–Crippen LogP) is 3.32. The van der Waals surface area contributed by atoms with Crippen molar-refractivity contribution in [1.82, 2.24) is 19.7 Å². The van der Waals surface area contributed by atoms with E-state index in [1.165, 1.54) is 6.42 Å². The monoisotopic (exact) mass is 234 g/mol. The van der Waals surface area contributed by atoms with Crippen molar-refractivity contribution in [3.8, 4) is 0 Å². The van der Waals surface area contributed by atoms with Gasteiger partial charge in [0, 0.05) is 6.42 Å². The van der Waals surface area contributed by atoms with Crippen molar-refractivity contribution < 1.29 is 0 Å². The Morgan fingerprint density at radius 2 is 2.12 bits per heavy atom. The van der Waals surface area contributed by atoms with Crippen molar-refractivity contribution in [2.24, 2.45) is 5.92 Å². The molecule has 0 bridgehead atoms. The molecule has 4 heteroatoms. The van der Waals surface area contributed by atoms with Gasteiger partial charge in [0.05, 0.1) is 12.2 Å². The van der Waals surface area contributed by atoms with Crippen LogP contribution >= 0.6 is 0 Å². The number of hydrogen-bond donors (Lipinski definition) is 1. The lowest BCUT2D eigenvalue weighted by Crippen LogP contribution is -2.07. The van der Waals surface area contributed by atoms with Gasteiger partial charge in [0.2, 0.25) is 0 Å². The van der Waals surface area contributed by atoms with Crippen LogP contribution in [0.3, 0.4) is 0 Å². The van der Waals surface area contributed by atoms with E-state index in [0.29, 0.717) is 12.0 Å². The summed E-state index contributed by atoms with van der Waals surface area (Å²) >= 11 is 0. The number of fused-ring (bicyclic) bond motifs is 1. The van der Waals surface area contributed by atoms with E-state index in [0.717, 1.165) is 29.8 Å². The molecule has 0 aromatic carbocycles. The summed E-state index contributed by atoms with van der Waals surface area (Å²) in [4.78, 5) is 8.01. The van der Waals surface area contributed by atoms with Gasteiger partial charge in [0.15, 0.2) is 5.65 Å². The normalized spacial score (nSPS) is 13.7. The maximum Gasteiger partial charge on any atom is 0.176 e. The van der Waals surface area contributed by atoms with Crippen molar-refractivity contribution in [2.75, 3.05) is 0 Å². The van der Waals surface area contributed by atoms with Gasteiger partial charge in [-0.3, -0.25) is 0 Å². The highest BCUT2D eigenvalue weighted by molar-refractivity contribution is 5.70. The van der Waals surface area contributed by atoms with Crippen LogP contribution in [0.2, 0.25) is 0 Å². The van der Waals surface area contributed by atoms with E-state index in [1.807, 2.05) is 10.9 Å². The van der Waals surface area contributed by atoms with Crippen LogP contribution in [0.1, 0.15) is 52.4 Å². The zero-order valence-corrected chi connectivity index (χ0v) is 11.2. The Morgan fingerprint density at radius 1 is 1.35 bits per heavy atom. The van der Waals surface area contributed by atoms with Crippen LogP contribution in [0.4, 0.5) is 0 Å². The summed E-state index contributed by atoms with van der Waals surface area (Å²) < 4.78 is 2.04. The molecule has 94 valence electrons. The largest absolute Gasteiger partial charge is 0.339 e. The summed E-state index contributed by atoms with van der Waals surface area (Å²) in [6.45, 7) is 8.82. The fourth-order valence-electron chi connectivity index (χ4n) is 2.21. The predicted molar refractivity (Wildman–Crippen MR) is 70.0 cm³/mol. The first kappa shape index (κ1) is 12.1. The van der Waals surface area contributed by atoms with Crippen LogP contribution in [-0.2, 0) is 6.42 Å². The molecule has 2 aromatic heterocycles. The van der Waals surface area contributed by atoms with Gasteiger partial charge >= 0.3 is 0 Å². The first-order valence-electron chi connectivity index (χ1n) is 6.54. The second-order valence-electron chi connectivity index (χ2n) is 5.25. The lowest BCUT2D eigenvalue weighted by Gasteiger charge is -2.10. The van der Waals surface area contributed by atoms with E-state index < -0.39 is 0 Å². The Hall–Kier alpha value is -1.32. The third kappa shape index (κ3) is 2.51. The molecule has 0 aliphatic carbocycles. The molecular weight excluding hydrogens is 212 g/mol. The van der Waals surface area contributed by atoms with Crippen LogP contribution in [0, 0.1) is 5.92 Å². The topological polar surface area (TPSA) is 46.5 Å². The number of nitrogens with zero attached hydrogens (tertiary/aromatic N) is 3. The quantitative estimate of drug-likeness (QED) is 0.862. The summed E-state index contributed by atoms with van der Waals surface area (Å²) in [6, 6.07) is 0.424. The molecule has 2 rings (SSSR count). The van der Waals surface area contributed by atoms with Gasteiger partial charge in [-0.15, -0.1) is 0 Å². The third-order valence-corrected chi connectivity index (χ3v) is 3.01. The van der Waals surface area contributed by atoms with Crippen LogP contribution in [0.15, 0.2) is 6.20 Å². The maximum absolute atomic E-state index is 4.66. The number of aromatic amines is 1. The molecule has 0 fully saturated rings. The van der Waals surface area contributed by atoms with E-state index in [1.54, 1.807) is 0 Å². The molecule has 0 radical (unpaired) electrons. The van der Waals surface area contributed by atoms with Crippen molar-refractivity contribution in [3.63, 3.8) is 0 Å². The van der Waals surface area contributed by atoms with Gasteiger partial charge < -0.3 is 4.98 Å². The molecule has 0 saturated carbocycles. The fraction of sp³-hybridized carbons (Fsp3) is 0.692. The maximum atomic E-state index is 4.66. The summed E-state index contributed by atoms with van der Waals surface area (Å²) in [6.07, 6.45) is 5.20. The smallest absolute Gasteiger partial charge is 0.176 e. The van der Waals surface area contributed by atoms with Crippen LogP contribution in [0.5, 0.6) is 0 Å². The van der Waals surface area contributed by atoms with E-state index in [9.17, 15) is 0 Å². The van der Waals surface area contributed by atoms with Gasteiger partial charge in [0.25, 0.3) is 0 Å². The third-order valence-electron chi connectivity index (χ3n) is 3.01. The van der Waals surface area contributed by atoms with Crippen LogP contribution in [-0.4, -0.2) is 19.7 Å². The highest BCUT2D eigenvalue weighted by Gasteiger charge is 2.13. The molecule has 2 aromatic rings. The zero-order valence-electron chi connectivity index (χ0n) is 11.2. The summed E-state index contributed by atoms with van der Waals surface area (Å²) in [7, 11) is 0. The second-order valence-corrected chi connectivity index (χ2v) is 5.25. The Morgan fingerprint density at radius 3 is 2.76 bits per heavy atom. The Balaban J connectivity index is 2.29. The number of rotatable bonds is 5. The Labute approximate surface area is 102 Å². The molecule has 0 aliphatic heterocycles. The van der Waals surface area contributed by atoms with Gasteiger partial charge in [0.1, 0.15) is 11.3 Å². The lowest BCUT2D eigenvalue weighted by atomic mass is 10.1. The first-order valence-corrected chi connectivity index (χ1v) is 6.54. The molecule has 0 amide bonds. The van der Waals surface area contributed by atoms with Crippen molar-refractivity contribution >= 4 is 11.2 Å². The molecule has 0 aliphatic rings. The van der Waals surface area contributed by atoms with Gasteiger partial charge in [-0.1, -0.05) is 27.2 Å². The summed E-state index contributed by atoms with van der Waals surface area (Å²) in [5.74, 6) is 1.70. The molecule has 17 heavy (non-hydrogen) atoms. The van der Waals surface area contributed by atoms with Crippen LogP contribution in [0.25, 0.3) is 11.2 Å². The van der Waals surface area contributed by atoms with E-state index >= 15 is 0 Å². The minimum atomic E-state index is 0.424. The minimum absolute atomic E-state index is 0.424. The van der Waals surface area contributed by atoms with E-state index in [2.05, 4.69) is 42.8 Å². The summed E-state index contributed by atoms with van der Waals surface area (Å²) in [5.41, 5.74) is 2.06.